The lowest BCUT2D eigenvalue weighted by Gasteiger charge is -2.43. The number of hydrogen-bond donors (Lipinski definition) is 1. The van der Waals surface area contributed by atoms with E-state index in [1.54, 1.807) is 26.1 Å². The van der Waals surface area contributed by atoms with Crippen LogP contribution >= 0.6 is 15.9 Å². The molecule has 0 aliphatic carbocycles. The maximum atomic E-state index is 14.4. The van der Waals surface area contributed by atoms with Crippen LogP contribution in [0.4, 0.5) is 4.39 Å². The molecule has 0 fully saturated rings. The van der Waals surface area contributed by atoms with Crippen LogP contribution in [0.15, 0.2) is 41.0 Å². The molecule has 0 amide bonds. The molecule has 2 atom stereocenters. The maximum Gasteiger partial charge on any atom is 0.118 e. The lowest BCUT2D eigenvalue weighted by Crippen LogP contribution is -2.48. The van der Waals surface area contributed by atoms with E-state index in [2.05, 4.69) is 32.7 Å². The molecule has 128 valence electrons. The van der Waals surface area contributed by atoms with Gasteiger partial charge in [-0.15, -0.1) is 0 Å². The zero-order valence-electron chi connectivity index (χ0n) is 14.1. The number of nitrogens with zero attached hydrogens (tertiary/aromatic N) is 2. The number of pyridine rings is 1. The second-order valence-electron chi connectivity index (χ2n) is 7.13. The first-order valence-corrected chi connectivity index (χ1v) is 8.92. The summed E-state index contributed by atoms with van der Waals surface area (Å²) in [6, 6.07) is 9.41. The number of rotatable bonds is 3. The Hall–Kier alpha value is -1.46. The van der Waals surface area contributed by atoms with Gasteiger partial charge in [-0.1, -0.05) is 6.07 Å². The van der Waals surface area contributed by atoms with E-state index in [1.807, 2.05) is 24.3 Å². The van der Waals surface area contributed by atoms with Gasteiger partial charge in [0.1, 0.15) is 11.4 Å². The lowest BCUT2D eigenvalue weighted by atomic mass is 9.86. The third-order valence-electron chi connectivity index (χ3n) is 4.42. The van der Waals surface area contributed by atoms with Crippen molar-refractivity contribution in [3.8, 4) is 5.75 Å². The van der Waals surface area contributed by atoms with Crippen LogP contribution in [0.5, 0.6) is 5.75 Å². The minimum absolute atomic E-state index is 0.118. The molecule has 0 bridgehead atoms. The Kier molecular flexibility index (Phi) is 4.67. The number of alkyl halides is 1. The molecule has 3 nitrogen and oxygen atoms in total. The molecule has 0 radical (unpaired) electrons. The molecule has 1 aliphatic rings. The molecule has 1 aliphatic heterocycles. The van der Waals surface area contributed by atoms with Crippen LogP contribution in [-0.2, 0) is 6.42 Å². The fourth-order valence-electron chi connectivity index (χ4n) is 3.46. The molecule has 1 N–H and O–H groups in total. The van der Waals surface area contributed by atoms with Crippen LogP contribution in [0, 0.1) is 0 Å². The van der Waals surface area contributed by atoms with Crippen molar-refractivity contribution in [2.75, 3.05) is 6.54 Å². The molecule has 0 spiro atoms. The first-order chi connectivity index (χ1) is 11.2. The van der Waals surface area contributed by atoms with Crippen LogP contribution in [-0.4, -0.2) is 33.2 Å². The van der Waals surface area contributed by atoms with Gasteiger partial charge in [-0.25, -0.2) is 4.39 Å². The monoisotopic (exact) mass is 392 g/mol. The molecular formula is C19H22BrFN2O. The first-order valence-electron chi connectivity index (χ1n) is 8.12. The number of benzene rings is 1. The fourth-order valence-corrected chi connectivity index (χ4v) is 3.70. The highest BCUT2D eigenvalue weighted by Crippen LogP contribution is 2.39. The Morgan fingerprint density at radius 1 is 1.33 bits per heavy atom. The SMILES string of the molecule is CC1Cc2cc(O)ccc2[C@H](c2ccc(Br)cn2)N1CC(C)(C)F. The van der Waals surface area contributed by atoms with Crippen LogP contribution < -0.4 is 0 Å². The van der Waals surface area contributed by atoms with E-state index >= 15 is 0 Å². The lowest BCUT2D eigenvalue weighted by molar-refractivity contribution is 0.0663. The Balaban J connectivity index is 2.11. The molecule has 1 aromatic carbocycles. The molecule has 2 aromatic rings. The van der Waals surface area contributed by atoms with Crippen molar-refractivity contribution in [1.29, 1.82) is 0 Å². The van der Waals surface area contributed by atoms with Crippen molar-refractivity contribution in [2.45, 2.75) is 44.9 Å². The average molecular weight is 393 g/mol. The summed E-state index contributed by atoms with van der Waals surface area (Å²) in [5.74, 6) is 0.266. The summed E-state index contributed by atoms with van der Waals surface area (Å²) in [4.78, 5) is 6.74. The van der Waals surface area contributed by atoms with Gasteiger partial charge in [0.25, 0.3) is 0 Å². The van der Waals surface area contributed by atoms with E-state index in [-0.39, 0.29) is 17.8 Å². The molecular weight excluding hydrogens is 371 g/mol. The number of phenols is 1. The number of aromatic hydroxyl groups is 1. The van der Waals surface area contributed by atoms with E-state index in [1.165, 1.54) is 0 Å². The van der Waals surface area contributed by atoms with Crippen molar-refractivity contribution < 1.29 is 9.50 Å². The van der Waals surface area contributed by atoms with Crippen LogP contribution in [0.3, 0.4) is 0 Å². The quantitative estimate of drug-likeness (QED) is 0.826. The minimum Gasteiger partial charge on any atom is -0.508 e. The minimum atomic E-state index is -1.30. The highest BCUT2D eigenvalue weighted by atomic mass is 79.9. The number of halogens is 2. The summed E-state index contributed by atoms with van der Waals surface area (Å²) >= 11 is 3.42. The second-order valence-corrected chi connectivity index (χ2v) is 8.05. The summed E-state index contributed by atoms with van der Waals surface area (Å²) in [5, 5.41) is 9.82. The zero-order chi connectivity index (χ0) is 17.5. The normalized spacial score (nSPS) is 21.5. The van der Waals surface area contributed by atoms with Gasteiger partial charge >= 0.3 is 0 Å². The van der Waals surface area contributed by atoms with Gasteiger partial charge in [-0.05, 0) is 78.5 Å². The van der Waals surface area contributed by atoms with E-state index in [4.69, 9.17) is 0 Å². The van der Waals surface area contributed by atoms with Gasteiger partial charge in [0.15, 0.2) is 0 Å². The van der Waals surface area contributed by atoms with E-state index in [0.29, 0.717) is 6.54 Å². The largest absolute Gasteiger partial charge is 0.508 e. The molecule has 5 heteroatoms. The Bertz CT molecular complexity index is 727. The molecule has 1 unspecified atom stereocenters. The Morgan fingerprint density at radius 3 is 2.71 bits per heavy atom. The van der Waals surface area contributed by atoms with Crippen LogP contribution in [0.25, 0.3) is 0 Å². The average Bonchev–Trinajstić information content (AvgIpc) is 2.48. The number of hydrogen-bond acceptors (Lipinski definition) is 3. The summed E-state index contributed by atoms with van der Waals surface area (Å²) in [5.41, 5.74) is 1.78. The third kappa shape index (κ3) is 3.62. The van der Waals surface area contributed by atoms with Crippen LogP contribution in [0.2, 0.25) is 0 Å². The highest BCUT2D eigenvalue weighted by Gasteiger charge is 2.37. The van der Waals surface area contributed by atoms with Gasteiger partial charge in [-0.3, -0.25) is 9.88 Å². The fraction of sp³-hybridized carbons (Fsp3) is 0.421. The number of aromatic nitrogens is 1. The smallest absolute Gasteiger partial charge is 0.118 e. The molecule has 1 aromatic heterocycles. The topological polar surface area (TPSA) is 36.4 Å². The predicted octanol–water partition coefficient (Wildman–Crippen LogP) is 4.63. The standard InChI is InChI=1S/C19H22BrFN2O/c1-12-8-13-9-15(24)5-6-16(13)18(23(12)11-19(2,3)21)17-7-4-14(20)10-22-17/h4-7,9-10,12,18,24H,8,11H2,1-3H3/t12?,18-/m1/s1. The van der Waals surface area contributed by atoms with E-state index in [9.17, 15) is 9.50 Å². The summed E-state index contributed by atoms with van der Waals surface area (Å²) in [6.45, 7) is 5.65. The number of fused-ring (bicyclic) bond motifs is 1. The Morgan fingerprint density at radius 2 is 2.08 bits per heavy atom. The van der Waals surface area contributed by atoms with E-state index < -0.39 is 5.67 Å². The maximum absolute atomic E-state index is 14.4. The van der Waals surface area contributed by atoms with Crippen molar-refractivity contribution in [1.82, 2.24) is 9.88 Å². The van der Waals surface area contributed by atoms with Crippen molar-refractivity contribution in [3.63, 3.8) is 0 Å². The summed E-state index contributed by atoms with van der Waals surface area (Å²) < 4.78 is 15.3. The van der Waals surface area contributed by atoms with Crippen LogP contribution in [0.1, 0.15) is 43.6 Å². The molecule has 0 saturated heterocycles. The number of phenolic OH excluding ortho intramolecular Hbond substituents is 1. The Labute approximate surface area is 150 Å². The van der Waals surface area contributed by atoms with Gasteiger partial charge in [0.05, 0.1) is 11.7 Å². The summed E-state index contributed by atoms with van der Waals surface area (Å²) in [7, 11) is 0. The third-order valence-corrected chi connectivity index (χ3v) is 4.89. The first kappa shape index (κ1) is 17.4. The van der Waals surface area contributed by atoms with Gasteiger partial charge < -0.3 is 5.11 Å². The van der Waals surface area contributed by atoms with Crippen molar-refractivity contribution in [2.24, 2.45) is 0 Å². The summed E-state index contributed by atoms with van der Waals surface area (Å²) in [6.07, 6.45) is 2.56. The van der Waals surface area contributed by atoms with Crippen molar-refractivity contribution >= 4 is 15.9 Å². The zero-order valence-corrected chi connectivity index (χ0v) is 15.7. The molecule has 2 heterocycles. The van der Waals surface area contributed by atoms with Gasteiger partial charge in [0, 0.05) is 23.3 Å². The predicted molar refractivity (Wildman–Crippen MR) is 96.9 cm³/mol. The second kappa shape index (κ2) is 6.45. The molecule has 3 rings (SSSR count). The molecule has 24 heavy (non-hydrogen) atoms. The van der Waals surface area contributed by atoms with Crippen molar-refractivity contribution in [3.05, 3.63) is 57.8 Å². The molecule has 0 saturated carbocycles. The highest BCUT2D eigenvalue weighted by molar-refractivity contribution is 9.10. The van der Waals surface area contributed by atoms with E-state index in [0.717, 1.165) is 27.7 Å². The van der Waals surface area contributed by atoms with Gasteiger partial charge in [0.2, 0.25) is 0 Å². The van der Waals surface area contributed by atoms with Gasteiger partial charge in [-0.2, -0.15) is 0 Å².